The molecule has 0 amide bonds. The van der Waals surface area contributed by atoms with Crippen molar-refractivity contribution in [2.45, 2.75) is 19.5 Å². The lowest BCUT2D eigenvalue weighted by Crippen LogP contribution is -2.22. The van der Waals surface area contributed by atoms with Crippen LogP contribution in [-0.2, 0) is 13.6 Å². The lowest BCUT2D eigenvalue weighted by Gasteiger charge is -2.24. The Balaban J connectivity index is 1.87. The summed E-state index contributed by atoms with van der Waals surface area (Å²) < 4.78 is 15.9. The highest BCUT2D eigenvalue weighted by Gasteiger charge is 2.18. The fourth-order valence-electron chi connectivity index (χ4n) is 2.71. The molecule has 2 aromatic heterocycles. The highest BCUT2D eigenvalue weighted by molar-refractivity contribution is 5.63. The number of rotatable bonds is 5. The van der Waals surface area contributed by atoms with Crippen molar-refractivity contribution in [3.63, 3.8) is 0 Å². The molecule has 1 aromatic carbocycles. The quantitative estimate of drug-likeness (QED) is 0.723. The van der Waals surface area contributed by atoms with Crippen molar-refractivity contribution in [3.05, 3.63) is 66.1 Å². The van der Waals surface area contributed by atoms with Gasteiger partial charge in [0.15, 0.2) is 0 Å². The lowest BCUT2D eigenvalue weighted by atomic mass is 10.1. The van der Waals surface area contributed by atoms with Crippen LogP contribution in [0.15, 0.2) is 49.1 Å². The fraction of sp³-hybridized carbons (Fsp3) is 0.278. The number of hydrogen-bond donors (Lipinski definition) is 0. The number of aryl methyl sites for hydroxylation is 1. The Bertz CT molecular complexity index is 815. The van der Waals surface area contributed by atoms with Crippen molar-refractivity contribution in [2.75, 3.05) is 7.05 Å². The van der Waals surface area contributed by atoms with E-state index in [1.54, 1.807) is 29.3 Å². The molecule has 6 heteroatoms. The first-order chi connectivity index (χ1) is 11.6. The van der Waals surface area contributed by atoms with Gasteiger partial charge < -0.3 is 0 Å². The van der Waals surface area contributed by atoms with Crippen LogP contribution in [0.3, 0.4) is 0 Å². The largest absolute Gasteiger partial charge is 0.294 e. The third-order valence-electron chi connectivity index (χ3n) is 4.15. The number of halogens is 1. The molecule has 0 unspecified atom stereocenters. The van der Waals surface area contributed by atoms with Crippen LogP contribution in [0, 0.1) is 5.82 Å². The smallest absolute Gasteiger partial charge is 0.132 e. The van der Waals surface area contributed by atoms with Gasteiger partial charge in [-0.2, -0.15) is 5.10 Å². The highest BCUT2D eigenvalue weighted by atomic mass is 19.1. The summed E-state index contributed by atoms with van der Waals surface area (Å²) in [5.41, 5.74) is 3.13. The molecule has 2 heterocycles. The zero-order chi connectivity index (χ0) is 17.1. The van der Waals surface area contributed by atoms with Crippen LogP contribution < -0.4 is 0 Å². The molecule has 3 aromatic rings. The van der Waals surface area contributed by atoms with Gasteiger partial charge in [-0.05, 0) is 32.2 Å². The zero-order valence-corrected chi connectivity index (χ0v) is 14.0. The van der Waals surface area contributed by atoms with Crippen molar-refractivity contribution in [2.24, 2.45) is 7.05 Å². The minimum Gasteiger partial charge on any atom is -0.294 e. The van der Waals surface area contributed by atoms with Gasteiger partial charge in [0.2, 0.25) is 0 Å². The van der Waals surface area contributed by atoms with Crippen molar-refractivity contribution in [1.82, 2.24) is 24.6 Å². The predicted molar refractivity (Wildman–Crippen MR) is 90.5 cm³/mol. The predicted octanol–water partition coefficient (Wildman–Crippen LogP) is 3.21. The van der Waals surface area contributed by atoms with Crippen LogP contribution in [0.5, 0.6) is 0 Å². The van der Waals surface area contributed by atoms with E-state index in [1.807, 2.05) is 32.4 Å². The van der Waals surface area contributed by atoms with Gasteiger partial charge in [0, 0.05) is 43.2 Å². The number of benzene rings is 1. The summed E-state index contributed by atoms with van der Waals surface area (Å²) in [5.74, 6) is -0.260. The summed E-state index contributed by atoms with van der Waals surface area (Å²) in [4.78, 5) is 10.4. The molecule has 0 saturated heterocycles. The molecule has 0 saturated carbocycles. The van der Waals surface area contributed by atoms with Crippen LogP contribution in [-0.4, -0.2) is 31.7 Å². The molecule has 24 heavy (non-hydrogen) atoms. The molecule has 3 rings (SSSR count). The SMILES string of the molecule is C[C@@H](c1ccncn1)N(C)Cc1cn(C)nc1-c1ccccc1F. The Morgan fingerprint density at radius 2 is 2.04 bits per heavy atom. The van der Waals surface area contributed by atoms with Crippen LogP contribution >= 0.6 is 0 Å². The average Bonchev–Trinajstić information content (AvgIpc) is 2.95. The van der Waals surface area contributed by atoms with Gasteiger partial charge in [-0.25, -0.2) is 14.4 Å². The Kier molecular flexibility index (Phi) is 4.66. The van der Waals surface area contributed by atoms with Gasteiger partial charge in [-0.1, -0.05) is 12.1 Å². The van der Waals surface area contributed by atoms with Crippen molar-refractivity contribution in [1.29, 1.82) is 0 Å². The second-order valence-corrected chi connectivity index (χ2v) is 5.88. The molecule has 0 aliphatic rings. The Labute approximate surface area is 140 Å². The highest BCUT2D eigenvalue weighted by Crippen LogP contribution is 2.27. The maximum Gasteiger partial charge on any atom is 0.132 e. The first-order valence-corrected chi connectivity index (χ1v) is 7.80. The first kappa shape index (κ1) is 16.3. The van der Waals surface area contributed by atoms with Crippen LogP contribution in [0.2, 0.25) is 0 Å². The van der Waals surface area contributed by atoms with Crippen molar-refractivity contribution < 1.29 is 4.39 Å². The van der Waals surface area contributed by atoms with E-state index < -0.39 is 0 Å². The molecule has 0 bridgehead atoms. The van der Waals surface area contributed by atoms with Gasteiger partial charge in [0.05, 0.1) is 11.4 Å². The third-order valence-corrected chi connectivity index (χ3v) is 4.15. The second kappa shape index (κ2) is 6.88. The second-order valence-electron chi connectivity index (χ2n) is 5.88. The number of aromatic nitrogens is 4. The normalized spacial score (nSPS) is 12.5. The molecule has 0 spiro atoms. The maximum atomic E-state index is 14.1. The molecular weight excluding hydrogens is 305 g/mol. The van der Waals surface area contributed by atoms with Gasteiger partial charge in [-0.15, -0.1) is 0 Å². The summed E-state index contributed by atoms with van der Waals surface area (Å²) in [6.07, 6.45) is 5.22. The van der Waals surface area contributed by atoms with Gasteiger partial charge in [0.1, 0.15) is 12.1 Å². The van der Waals surface area contributed by atoms with Crippen LogP contribution in [0.4, 0.5) is 4.39 Å². The third kappa shape index (κ3) is 3.33. The van der Waals surface area contributed by atoms with Crippen LogP contribution in [0.1, 0.15) is 24.2 Å². The standard InChI is InChI=1S/C18H20FN5/c1-13(17-8-9-20-12-21-17)23(2)10-14-11-24(3)22-18(14)15-6-4-5-7-16(15)19/h4-9,11-13H,10H2,1-3H3/t13-/m0/s1. The molecule has 0 aliphatic heterocycles. The van der Waals surface area contributed by atoms with E-state index in [1.165, 1.54) is 6.07 Å². The minimum atomic E-state index is -0.260. The molecule has 0 aliphatic carbocycles. The molecule has 0 radical (unpaired) electrons. The van der Waals surface area contributed by atoms with E-state index in [9.17, 15) is 4.39 Å². The summed E-state index contributed by atoms with van der Waals surface area (Å²) in [6.45, 7) is 2.73. The minimum absolute atomic E-state index is 0.113. The average molecular weight is 325 g/mol. The van der Waals surface area contributed by atoms with Gasteiger partial charge >= 0.3 is 0 Å². The molecular formula is C18H20FN5. The summed E-state index contributed by atoms with van der Waals surface area (Å²) in [6, 6.07) is 8.74. The summed E-state index contributed by atoms with van der Waals surface area (Å²) in [5, 5.41) is 4.45. The number of hydrogen-bond acceptors (Lipinski definition) is 4. The van der Waals surface area contributed by atoms with E-state index >= 15 is 0 Å². The van der Waals surface area contributed by atoms with Gasteiger partial charge in [0.25, 0.3) is 0 Å². The van der Waals surface area contributed by atoms with E-state index in [0.29, 0.717) is 17.8 Å². The van der Waals surface area contributed by atoms with E-state index in [2.05, 4.69) is 26.9 Å². The van der Waals surface area contributed by atoms with E-state index in [4.69, 9.17) is 0 Å². The van der Waals surface area contributed by atoms with E-state index in [-0.39, 0.29) is 11.9 Å². The molecule has 124 valence electrons. The lowest BCUT2D eigenvalue weighted by molar-refractivity contribution is 0.248. The Morgan fingerprint density at radius 1 is 1.25 bits per heavy atom. The maximum absolute atomic E-state index is 14.1. The van der Waals surface area contributed by atoms with E-state index in [0.717, 1.165) is 11.3 Å². The zero-order valence-electron chi connectivity index (χ0n) is 14.0. The molecule has 0 N–H and O–H groups in total. The van der Waals surface area contributed by atoms with Crippen LogP contribution in [0.25, 0.3) is 11.3 Å². The summed E-state index contributed by atoms with van der Waals surface area (Å²) in [7, 11) is 3.87. The monoisotopic (exact) mass is 325 g/mol. The topological polar surface area (TPSA) is 46.8 Å². The molecule has 1 atom stereocenters. The number of nitrogens with zero attached hydrogens (tertiary/aromatic N) is 5. The molecule has 5 nitrogen and oxygen atoms in total. The molecule has 0 fully saturated rings. The van der Waals surface area contributed by atoms with Crippen molar-refractivity contribution in [3.8, 4) is 11.3 Å². The Hall–Kier alpha value is -2.60. The summed E-state index contributed by atoms with van der Waals surface area (Å²) >= 11 is 0. The fourth-order valence-corrected chi connectivity index (χ4v) is 2.71. The first-order valence-electron chi connectivity index (χ1n) is 7.80. The van der Waals surface area contributed by atoms with Gasteiger partial charge in [-0.3, -0.25) is 9.58 Å². The Morgan fingerprint density at radius 3 is 2.75 bits per heavy atom. The van der Waals surface area contributed by atoms with Crippen molar-refractivity contribution >= 4 is 0 Å².